The second kappa shape index (κ2) is 22.6. The number of phosphoric ester groups is 1. The van der Waals surface area contributed by atoms with Crippen LogP contribution < -0.4 is 10.1 Å². The van der Waals surface area contributed by atoms with Crippen LogP contribution in [-0.2, 0) is 24.8 Å². The van der Waals surface area contributed by atoms with Crippen LogP contribution in [0.1, 0.15) is 109 Å². The number of phosphoric acid groups is 1. The Morgan fingerprint density at radius 2 is 1.50 bits per heavy atom. The molecule has 0 saturated heterocycles. The number of nitrogens with one attached hydrogen (secondary N) is 1. The number of Topliss-reactive ketones (excluding diaryl/α,β-unsaturated/α-hetero) is 1. The van der Waals surface area contributed by atoms with Gasteiger partial charge in [0, 0.05) is 12.8 Å². The van der Waals surface area contributed by atoms with E-state index >= 15 is 0 Å². The second-order valence-electron chi connectivity index (χ2n) is 10.3. The van der Waals surface area contributed by atoms with Crippen LogP contribution in [0.5, 0.6) is 5.75 Å². The molecule has 0 fully saturated rings. The third-order valence-corrected chi connectivity index (χ3v) is 7.54. The van der Waals surface area contributed by atoms with Gasteiger partial charge in [-0.05, 0) is 62.9 Å². The summed E-state index contributed by atoms with van der Waals surface area (Å²) in [4.78, 5) is 22.3. The molecule has 0 aromatic heterocycles. The first kappa shape index (κ1) is 34.8. The molecule has 0 aliphatic rings. The molecular weight excluding hydrogens is 501 g/mol. The highest BCUT2D eigenvalue weighted by Crippen LogP contribution is 2.44. The zero-order chi connectivity index (χ0) is 27.9. The molecule has 2 atom stereocenters. The van der Waals surface area contributed by atoms with Gasteiger partial charge in [-0.25, -0.2) is 4.57 Å². The molecule has 7 nitrogen and oxygen atoms in total. The van der Waals surface area contributed by atoms with Gasteiger partial charge in [0.1, 0.15) is 11.5 Å². The van der Waals surface area contributed by atoms with Gasteiger partial charge < -0.3 is 14.9 Å². The van der Waals surface area contributed by atoms with Gasteiger partial charge >= 0.3 is 7.82 Å². The first-order valence-corrected chi connectivity index (χ1v) is 16.4. The Balaban J connectivity index is 2.40. The van der Waals surface area contributed by atoms with E-state index in [4.69, 9.17) is 13.8 Å². The number of ether oxygens (including phenoxy) is 1. The number of hydrogen-bond donors (Lipinski definition) is 2. The van der Waals surface area contributed by atoms with Crippen LogP contribution >= 0.6 is 7.82 Å². The number of unbranched alkanes of at least 4 members (excludes halogenated alkanes) is 9. The van der Waals surface area contributed by atoms with E-state index < -0.39 is 7.82 Å². The summed E-state index contributed by atoms with van der Waals surface area (Å²) in [7, 11) is -2.34. The number of benzene rings is 1. The second-order valence-corrected chi connectivity index (χ2v) is 11.7. The Hall–Kier alpha value is -1.24. The highest BCUT2D eigenvalue weighted by molar-refractivity contribution is 7.47. The molecule has 0 amide bonds. The van der Waals surface area contributed by atoms with E-state index in [2.05, 4.69) is 12.2 Å². The van der Waals surface area contributed by atoms with Crippen LogP contribution in [0.15, 0.2) is 24.3 Å². The van der Waals surface area contributed by atoms with Crippen molar-refractivity contribution in [1.29, 1.82) is 0 Å². The third kappa shape index (κ3) is 18.9. The van der Waals surface area contributed by atoms with Gasteiger partial charge in [-0.15, -0.1) is 0 Å². The summed E-state index contributed by atoms with van der Waals surface area (Å²) in [6.07, 6.45) is 15.8. The van der Waals surface area contributed by atoms with E-state index in [-0.39, 0.29) is 24.9 Å². The third-order valence-electron chi connectivity index (χ3n) is 6.56. The van der Waals surface area contributed by atoms with E-state index in [1.165, 1.54) is 57.8 Å². The van der Waals surface area contributed by atoms with Crippen molar-refractivity contribution in [2.45, 2.75) is 110 Å². The van der Waals surface area contributed by atoms with Crippen LogP contribution in [0.2, 0.25) is 0 Å². The molecule has 0 heterocycles. The first-order valence-electron chi connectivity index (χ1n) is 14.9. The van der Waals surface area contributed by atoms with Gasteiger partial charge in [0.05, 0.1) is 19.8 Å². The molecule has 220 valence electrons. The summed E-state index contributed by atoms with van der Waals surface area (Å²) in [5.41, 5.74) is 1.04. The molecule has 0 bridgehead atoms. The summed E-state index contributed by atoms with van der Waals surface area (Å²) in [5.74, 6) is 0.781. The predicted octanol–water partition coefficient (Wildman–Crippen LogP) is 7.65. The fourth-order valence-corrected chi connectivity index (χ4v) is 5.23. The van der Waals surface area contributed by atoms with Gasteiger partial charge in [0.15, 0.2) is 0 Å². The lowest BCUT2D eigenvalue weighted by Gasteiger charge is -2.19. The maximum Gasteiger partial charge on any atom is 0.472 e. The fraction of sp³-hybridized carbons (Fsp3) is 0.767. The molecular formula is C30H54NO6P. The number of hydrogen-bond acceptors (Lipinski definition) is 6. The minimum absolute atomic E-state index is 0.00769. The van der Waals surface area contributed by atoms with Crippen molar-refractivity contribution >= 4 is 13.6 Å². The minimum atomic E-state index is -4.15. The molecule has 0 aliphatic carbocycles. The van der Waals surface area contributed by atoms with Crippen LogP contribution in [0.25, 0.3) is 0 Å². The Labute approximate surface area is 232 Å². The van der Waals surface area contributed by atoms with Crippen molar-refractivity contribution in [2.75, 3.05) is 33.4 Å². The molecule has 2 unspecified atom stereocenters. The van der Waals surface area contributed by atoms with E-state index in [0.29, 0.717) is 32.2 Å². The summed E-state index contributed by atoms with van der Waals surface area (Å²) in [6, 6.07) is 7.91. The van der Waals surface area contributed by atoms with Gasteiger partial charge in [-0.1, -0.05) is 83.8 Å². The van der Waals surface area contributed by atoms with Crippen molar-refractivity contribution in [1.82, 2.24) is 5.32 Å². The lowest BCUT2D eigenvalue weighted by atomic mass is 9.94. The molecule has 0 saturated carbocycles. The normalized spacial score (nSPS) is 13.8. The Morgan fingerprint density at radius 1 is 0.868 bits per heavy atom. The topological polar surface area (TPSA) is 94.1 Å². The van der Waals surface area contributed by atoms with Gasteiger partial charge in [-0.2, -0.15) is 0 Å². The quantitative estimate of drug-likeness (QED) is 0.0896. The van der Waals surface area contributed by atoms with Gasteiger partial charge in [0.25, 0.3) is 0 Å². The molecule has 8 heteroatoms. The maximum absolute atomic E-state index is 12.3. The number of carbonyl (C=O) groups excluding carboxylic acids is 1. The van der Waals surface area contributed by atoms with Crippen LogP contribution in [-0.4, -0.2) is 44.1 Å². The molecule has 1 aromatic rings. The van der Waals surface area contributed by atoms with Crippen molar-refractivity contribution in [3.8, 4) is 5.75 Å². The molecule has 1 aromatic carbocycles. The molecule has 0 aliphatic heterocycles. The summed E-state index contributed by atoms with van der Waals surface area (Å²) in [5, 5.41) is 2.96. The van der Waals surface area contributed by atoms with Crippen molar-refractivity contribution in [2.24, 2.45) is 5.92 Å². The van der Waals surface area contributed by atoms with E-state index in [1.54, 1.807) is 0 Å². The predicted molar refractivity (Wildman–Crippen MR) is 156 cm³/mol. The SMILES string of the molecule is CCCCCCCCCCCCOc1ccc(CC(COP(=O)(O)OCCCNC)CC(=O)CCC)cc1. The standard InChI is InChI=1S/C30H54NO6P/c1-4-6-7-8-9-10-11-12-13-14-22-35-30-19-17-27(18-20-30)24-28(25-29(32)16-5-2)26-37-38(33,34)36-23-15-21-31-3/h17-20,28,31H,4-16,21-26H2,1-3H3,(H,33,34). The number of ketones is 1. The monoisotopic (exact) mass is 555 g/mol. The Kier molecular flexibility index (Phi) is 20.7. The number of carbonyl (C=O) groups is 1. The zero-order valence-electron chi connectivity index (χ0n) is 24.3. The van der Waals surface area contributed by atoms with E-state index in [9.17, 15) is 14.3 Å². The lowest BCUT2D eigenvalue weighted by Crippen LogP contribution is -2.17. The van der Waals surface area contributed by atoms with Crippen molar-refractivity contribution < 1.29 is 28.0 Å². The first-order chi connectivity index (χ1) is 18.4. The highest BCUT2D eigenvalue weighted by atomic mass is 31.2. The smallest absolute Gasteiger partial charge is 0.472 e. The van der Waals surface area contributed by atoms with Crippen LogP contribution in [0.3, 0.4) is 0 Å². The average molecular weight is 556 g/mol. The molecule has 1 rings (SSSR count). The van der Waals surface area contributed by atoms with E-state index in [1.807, 2.05) is 38.2 Å². The van der Waals surface area contributed by atoms with E-state index in [0.717, 1.165) is 30.8 Å². The molecule has 0 spiro atoms. The molecule has 2 N–H and O–H groups in total. The summed E-state index contributed by atoms with van der Waals surface area (Å²) >= 11 is 0. The maximum atomic E-state index is 12.3. The van der Waals surface area contributed by atoms with Crippen molar-refractivity contribution in [3.05, 3.63) is 29.8 Å². The summed E-state index contributed by atoms with van der Waals surface area (Å²) in [6.45, 7) is 5.76. The fourth-order valence-electron chi connectivity index (χ4n) is 4.39. The number of rotatable bonds is 26. The largest absolute Gasteiger partial charge is 0.494 e. The zero-order valence-corrected chi connectivity index (χ0v) is 25.2. The van der Waals surface area contributed by atoms with Gasteiger partial charge in [0.2, 0.25) is 0 Å². The highest BCUT2D eigenvalue weighted by Gasteiger charge is 2.24. The average Bonchev–Trinajstić information content (AvgIpc) is 2.89. The minimum Gasteiger partial charge on any atom is -0.494 e. The van der Waals surface area contributed by atoms with Crippen LogP contribution in [0.4, 0.5) is 0 Å². The Morgan fingerprint density at radius 3 is 2.11 bits per heavy atom. The van der Waals surface area contributed by atoms with Crippen LogP contribution in [0, 0.1) is 5.92 Å². The summed E-state index contributed by atoms with van der Waals surface area (Å²) < 4.78 is 28.4. The lowest BCUT2D eigenvalue weighted by molar-refractivity contribution is -0.120. The molecule has 38 heavy (non-hydrogen) atoms. The van der Waals surface area contributed by atoms with Gasteiger partial charge in [-0.3, -0.25) is 13.8 Å². The van der Waals surface area contributed by atoms with Crippen molar-refractivity contribution in [3.63, 3.8) is 0 Å². The Bertz CT molecular complexity index is 758. The molecule has 0 radical (unpaired) electrons.